The van der Waals surface area contributed by atoms with E-state index < -0.39 is 10.0 Å². The summed E-state index contributed by atoms with van der Waals surface area (Å²) in [5, 5.41) is 0.724. The molecule has 1 aromatic carbocycles. The van der Waals surface area contributed by atoms with Gasteiger partial charge in [0.2, 0.25) is 10.0 Å². The molecule has 0 fully saturated rings. The number of carbonyl (C=O) groups is 1. The van der Waals surface area contributed by atoms with Gasteiger partial charge in [0.05, 0.1) is 26.6 Å². The number of Topliss-reactive ketones (excluding diaryl/α,β-unsaturated/α-hetero) is 1. The smallest absolute Gasteiger partial charge is 0.243 e. The second-order valence-electron chi connectivity index (χ2n) is 6.50. The molecule has 0 aliphatic rings. The maximum atomic E-state index is 12.8. The van der Waals surface area contributed by atoms with Gasteiger partial charge in [0.25, 0.3) is 0 Å². The summed E-state index contributed by atoms with van der Waals surface area (Å²) in [5.74, 6) is 0.376. The van der Waals surface area contributed by atoms with Crippen LogP contribution in [0.2, 0.25) is 0 Å². The number of benzene rings is 1. The van der Waals surface area contributed by atoms with Gasteiger partial charge in [0.1, 0.15) is 0 Å². The second kappa shape index (κ2) is 8.99. The minimum atomic E-state index is -3.54. The fourth-order valence-corrected chi connectivity index (χ4v) is 6.50. The van der Waals surface area contributed by atoms with Crippen molar-refractivity contribution in [3.05, 3.63) is 40.1 Å². The Hall–Kier alpha value is -1.68. The van der Waals surface area contributed by atoms with E-state index in [0.29, 0.717) is 30.9 Å². The van der Waals surface area contributed by atoms with E-state index in [1.54, 1.807) is 18.2 Å². The molecule has 0 atom stereocenters. The zero-order chi connectivity index (χ0) is 21.2. The minimum absolute atomic E-state index is 0.0765. The lowest BCUT2D eigenvalue weighted by atomic mass is 10.3. The number of imidazole rings is 1. The van der Waals surface area contributed by atoms with Gasteiger partial charge in [0.15, 0.2) is 10.9 Å². The van der Waals surface area contributed by atoms with Crippen LogP contribution >= 0.6 is 23.1 Å². The number of nitrogens with zero attached hydrogens (tertiary/aromatic N) is 3. The molecule has 0 unspecified atom stereocenters. The first-order valence-electron chi connectivity index (χ1n) is 9.54. The van der Waals surface area contributed by atoms with Gasteiger partial charge in [-0.3, -0.25) is 4.79 Å². The van der Waals surface area contributed by atoms with Crippen LogP contribution in [-0.2, 0) is 16.6 Å². The number of thiophene rings is 1. The number of sulfonamides is 1. The van der Waals surface area contributed by atoms with Crippen molar-refractivity contribution in [1.29, 1.82) is 0 Å². The van der Waals surface area contributed by atoms with Gasteiger partial charge in [-0.15, -0.1) is 11.3 Å². The highest BCUT2D eigenvalue weighted by Crippen LogP contribution is 2.28. The SMILES string of the molecule is CCN(CC)S(=O)(=O)c1ccc2c(c1)nc(SCC(=O)c1ccc(C)s1)n2CC. The molecule has 9 heteroatoms. The normalized spacial score (nSPS) is 12.2. The number of aromatic nitrogens is 2. The molecule has 0 aliphatic carbocycles. The molecule has 2 aromatic heterocycles. The highest BCUT2D eigenvalue weighted by atomic mass is 32.2. The predicted octanol–water partition coefficient (Wildman–Crippen LogP) is 4.43. The maximum absolute atomic E-state index is 12.8. The van der Waals surface area contributed by atoms with Crippen LogP contribution in [0.1, 0.15) is 35.3 Å². The molecule has 0 bridgehead atoms. The first kappa shape index (κ1) is 22.0. The molecule has 3 rings (SSSR count). The Balaban J connectivity index is 1.90. The van der Waals surface area contributed by atoms with E-state index in [2.05, 4.69) is 4.98 Å². The lowest BCUT2D eigenvalue weighted by Gasteiger charge is -2.18. The molecule has 6 nitrogen and oxygen atoms in total. The number of hydrogen-bond acceptors (Lipinski definition) is 6. The second-order valence-corrected chi connectivity index (χ2v) is 10.7. The summed E-state index contributed by atoms with van der Waals surface area (Å²) in [5.41, 5.74) is 1.50. The Bertz CT molecular complexity index is 1130. The van der Waals surface area contributed by atoms with Crippen molar-refractivity contribution >= 4 is 49.9 Å². The van der Waals surface area contributed by atoms with Crippen LogP contribution in [0.5, 0.6) is 0 Å². The van der Waals surface area contributed by atoms with Crippen LogP contribution < -0.4 is 0 Å². The Labute approximate surface area is 180 Å². The molecule has 2 heterocycles. The van der Waals surface area contributed by atoms with Gasteiger partial charge < -0.3 is 4.57 Å². The van der Waals surface area contributed by atoms with Crippen LogP contribution in [0, 0.1) is 6.92 Å². The molecular weight excluding hydrogens is 426 g/mol. The quantitative estimate of drug-likeness (QED) is 0.355. The molecule has 0 radical (unpaired) electrons. The maximum Gasteiger partial charge on any atom is 0.243 e. The van der Waals surface area contributed by atoms with Gasteiger partial charge in [-0.2, -0.15) is 4.31 Å². The van der Waals surface area contributed by atoms with Crippen molar-refractivity contribution in [2.75, 3.05) is 18.8 Å². The van der Waals surface area contributed by atoms with Gasteiger partial charge >= 0.3 is 0 Å². The zero-order valence-corrected chi connectivity index (χ0v) is 19.5. The van der Waals surface area contributed by atoms with Crippen LogP contribution in [0.15, 0.2) is 40.4 Å². The third-order valence-corrected chi connectivity index (χ3v) is 8.76. The van der Waals surface area contributed by atoms with E-state index >= 15 is 0 Å². The highest BCUT2D eigenvalue weighted by Gasteiger charge is 2.23. The largest absolute Gasteiger partial charge is 0.319 e. The summed E-state index contributed by atoms with van der Waals surface area (Å²) in [7, 11) is -3.54. The number of aryl methyl sites for hydroxylation is 2. The monoisotopic (exact) mass is 451 g/mol. The standard InChI is InChI=1S/C20H25N3O3S3/c1-5-22(6-2)29(25,26)15-9-10-17-16(12-15)21-20(23(17)7-3)27-13-18(24)19-11-8-14(4)28-19/h8-12H,5-7,13H2,1-4H3. The summed E-state index contributed by atoms with van der Waals surface area (Å²) in [6.07, 6.45) is 0. The van der Waals surface area contributed by atoms with Gasteiger partial charge in [-0.25, -0.2) is 13.4 Å². The van der Waals surface area contributed by atoms with Crippen molar-refractivity contribution in [2.45, 2.75) is 44.3 Å². The fourth-order valence-electron chi connectivity index (χ4n) is 3.16. The molecular formula is C20H25N3O3S3. The molecule has 29 heavy (non-hydrogen) atoms. The number of fused-ring (bicyclic) bond motifs is 1. The Morgan fingerprint density at radius 1 is 1.17 bits per heavy atom. The molecule has 0 N–H and O–H groups in total. The number of ketones is 1. The fraction of sp³-hybridized carbons (Fsp3) is 0.400. The summed E-state index contributed by atoms with van der Waals surface area (Å²) in [6.45, 7) is 9.17. The van der Waals surface area contributed by atoms with Crippen molar-refractivity contribution < 1.29 is 13.2 Å². The highest BCUT2D eigenvalue weighted by molar-refractivity contribution is 7.99. The Kier molecular flexibility index (Phi) is 6.83. The number of thioether (sulfide) groups is 1. The van der Waals surface area contributed by atoms with Crippen LogP contribution in [0.3, 0.4) is 0 Å². The first-order valence-corrected chi connectivity index (χ1v) is 12.8. The molecule has 0 amide bonds. The molecule has 0 spiro atoms. The number of hydrogen-bond donors (Lipinski definition) is 0. The minimum Gasteiger partial charge on any atom is -0.319 e. The summed E-state index contributed by atoms with van der Waals surface area (Å²) < 4.78 is 29.1. The lowest BCUT2D eigenvalue weighted by Crippen LogP contribution is -2.30. The third-order valence-electron chi connectivity index (χ3n) is 4.69. The summed E-state index contributed by atoms with van der Waals surface area (Å²) in [4.78, 5) is 19.2. The molecule has 3 aromatic rings. The van der Waals surface area contributed by atoms with E-state index in [-0.39, 0.29) is 10.7 Å². The van der Waals surface area contributed by atoms with Crippen molar-refractivity contribution in [2.24, 2.45) is 0 Å². The van der Waals surface area contributed by atoms with E-state index in [0.717, 1.165) is 20.4 Å². The number of rotatable bonds is 9. The third kappa shape index (κ3) is 4.42. The Morgan fingerprint density at radius 2 is 1.90 bits per heavy atom. The summed E-state index contributed by atoms with van der Waals surface area (Å²) in [6, 6.07) is 8.87. The molecule has 0 aliphatic heterocycles. The van der Waals surface area contributed by atoms with Crippen molar-refractivity contribution in [3.63, 3.8) is 0 Å². The van der Waals surface area contributed by atoms with Crippen molar-refractivity contribution in [1.82, 2.24) is 13.9 Å². The van der Waals surface area contributed by atoms with E-state index in [1.165, 1.54) is 27.4 Å². The first-order chi connectivity index (χ1) is 13.8. The van der Waals surface area contributed by atoms with E-state index in [9.17, 15) is 13.2 Å². The van der Waals surface area contributed by atoms with E-state index in [1.807, 2.05) is 44.4 Å². The average molecular weight is 452 g/mol. The molecule has 156 valence electrons. The van der Waals surface area contributed by atoms with E-state index in [4.69, 9.17) is 0 Å². The van der Waals surface area contributed by atoms with Crippen LogP contribution in [0.4, 0.5) is 0 Å². The number of carbonyl (C=O) groups excluding carboxylic acids is 1. The Morgan fingerprint density at radius 3 is 2.48 bits per heavy atom. The molecule has 0 saturated carbocycles. The topological polar surface area (TPSA) is 72.3 Å². The van der Waals surface area contributed by atoms with Gasteiger partial charge in [0, 0.05) is 24.5 Å². The predicted molar refractivity (Wildman–Crippen MR) is 120 cm³/mol. The van der Waals surface area contributed by atoms with Crippen LogP contribution in [-0.4, -0.2) is 46.9 Å². The van der Waals surface area contributed by atoms with Gasteiger partial charge in [-0.05, 0) is 44.2 Å². The van der Waals surface area contributed by atoms with Crippen molar-refractivity contribution in [3.8, 4) is 0 Å². The van der Waals surface area contributed by atoms with Gasteiger partial charge in [-0.1, -0.05) is 25.6 Å². The summed E-state index contributed by atoms with van der Waals surface area (Å²) >= 11 is 2.88. The molecule has 0 saturated heterocycles. The zero-order valence-electron chi connectivity index (χ0n) is 17.0. The average Bonchev–Trinajstić information content (AvgIpc) is 3.29. The lowest BCUT2D eigenvalue weighted by molar-refractivity contribution is 0.102. The van der Waals surface area contributed by atoms with Crippen LogP contribution in [0.25, 0.3) is 11.0 Å².